The van der Waals surface area contributed by atoms with E-state index in [1.54, 1.807) is 4.90 Å². The smallest absolute Gasteiger partial charge is 0.229 e. The summed E-state index contributed by atoms with van der Waals surface area (Å²) in [5.74, 6) is 0.225. The van der Waals surface area contributed by atoms with Crippen molar-refractivity contribution in [3.8, 4) is 0 Å². The van der Waals surface area contributed by atoms with Crippen LogP contribution in [0.5, 0.6) is 0 Å². The third-order valence-corrected chi connectivity index (χ3v) is 2.52. The topological polar surface area (TPSA) is 46.3 Å². The molecule has 0 aliphatic heterocycles. The molecule has 0 aromatic carbocycles. The van der Waals surface area contributed by atoms with Crippen LogP contribution in [0.3, 0.4) is 0 Å². The third-order valence-electron chi connectivity index (χ3n) is 2.52. The summed E-state index contributed by atoms with van der Waals surface area (Å²) in [7, 11) is 1.83. The fraction of sp³-hybridized carbons (Fsp3) is 0.875. The minimum absolute atomic E-state index is 0.162. The Kier molecular flexibility index (Phi) is 2.18. The highest BCUT2D eigenvalue weighted by Gasteiger charge is 2.49. The molecule has 1 aliphatic rings. The van der Waals surface area contributed by atoms with Crippen LogP contribution in [0, 0.1) is 5.41 Å². The van der Waals surface area contributed by atoms with Gasteiger partial charge in [-0.3, -0.25) is 4.79 Å². The molecule has 3 heteroatoms. The van der Waals surface area contributed by atoms with Crippen LogP contribution in [-0.4, -0.2) is 30.9 Å². The van der Waals surface area contributed by atoms with E-state index in [4.69, 9.17) is 5.73 Å². The molecule has 2 N–H and O–H groups in total. The van der Waals surface area contributed by atoms with Crippen molar-refractivity contribution < 1.29 is 4.79 Å². The van der Waals surface area contributed by atoms with Gasteiger partial charge in [-0.25, -0.2) is 0 Å². The number of rotatable bonds is 3. The molecule has 0 unspecified atom stereocenters. The Bertz CT molecular complexity index is 163. The fourth-order valence-corrected chi connectivity index (χ4v) is 1.20. The summed E-state index contributed by atoms with van der Waals surface area (Å²) in [6.45, 7) is 3.27. The maximum atomic E-state index is 11.5. The second-order valence-corrected chi connectivity index (χ2v) is 3.30. The van der Waals surface area contributed by atoms with Crippen LogP contribution < -0.4 is 5.73 Å². The Labute approximate surface area is 67.5 Å². The van der Waals surface area contributed by atoms with Gasteiger partial charge in [0.05, 0.1) is 5.41 Å². The molecule has 0 aromatic heterocycles. The van der Waals surface area contributed by atoms with Crippen molar-refractivity contribution in [3.63, 3.8) is 0 Å². The first-order chi connectivity index (χ1) is 5.16. The van der Waals surface area contributed by atoms with Crippen molar-refractivity contribution in [1.29, 1.82) is 0 Å². The number of nitrogens with zero attached hydrogens (tertiary/aromatic N) is 1. The first kappa shape index (κ1) is 8.53. The first-order valence-electron chi connectivity index (χ1n) is 4.12. The van der Waals surface area contributed by atoms with Crippen LogP contribution in [0.15, 0.2) is 0 Å². The van der Waals surface area contributed by atoms with E-state index in [2.05, 4.69) is 0 Å². The zero-order valence-electron chi connectivity index (χ0n) is 7.26. The van der Waals surface area contributed by atoms with Gasteiger partial charge < -0.3 is 10.6 Å². The quantitative estimate of drug-likeness (QED) is 0.634. The van der Waals surface area contributed by atoms with Gasteiger partial charge in [0.2, 0.25) is 5.91 Å². The van der Waals surface area contributed by atoms with Gasteiger partial charge in [0.15, 0.2) is 0 Å². The number of carbonyl (C=O) groups is 1. The summed E-state index contributed by atoms with van der Waals surface area (Å²) in [6, 6.07) is 0. The number of hydrogen-bond donors (Lipinski definition) is 1. The monoisotopic (exact) mass is 156 g/mol. The fourth-order valence-electron chi connectivity index (χ4n) is 1.20. The normalized spacial score (nSPS) is 19.5. The van der Waals surface area contributed by atoms with Crippen molar-refractivity contribution in [1.82, 2.24) is 4.90 Å². The molecule has 64 valence electrons. The van der Waals surface area contributed by atoms with Crippen LogP contribution in [-0.2, 0) is 4.79 Å². The van der Waals surface area contributed by atoms with Crippen LogP contribution >= 0.6 is 0 Å². The third kappa shape index (κ3) is 1.38. The van der Waals surface area contributed by atoms with Crippen LogP contribution in [0.25, 0.3) is 0 Å². The van der Waals surface area contributed by atoms with Crippen LogP contribution in [0.1, 0.15) is 19.8 Å². The Morgan fingerprint density at radius 1 is 1.64 bits per heavy atom. The van der Waals surface area contributed by atoms with E-state index in [1.165, 1.54) is 0 Å². The Morgan fingerprint density at radius 2 is 2.18 bits per heavy atom. The van der Waals surface area contributed by atoms with Gasteiger partial charge in [0, 0.05) is 20.1 Å². The molecule has 1 saturated carbocycles. The number of hydrogen-bond acceptors (Lipinski definition) is 2. The van der Waals surface area contributed by atoms with E-state index in [-0.39, 0.29) is 11.3 Å². The van der Waals surface area contributed by atoms with E-state index in [0.29, 0.717) is 6.54 Å². The van der Waals surface area contributed by atoms with E-state index >= 15 is 0 Å². The predicted molar refractivity (Wildman–Crippen MR) is 44.0 cm³/mol. The minimum Gasteiger partial charge on any atom is -0.346 e. The zero-order valence-corrected chi connectivity index (χ0v) is 7.26. The lowest BCUT2D eigenvalue weighted by atomic mass is 10.1. The summed E-state index contributed by atoms with van der Waals surface area (Å²) in [5.41, 5.74) is 5.35. The minimum atomic E-state index is -0.162. The molecule has 1 fully saturated rings. The van der Waals surface area contributed by atoms with Crippen molar-refractivity contribution in [2.24, 2.45) is 11.1 Å². The Hall–Kier alpha value is -0.570. The first-order valence-corrected chi connectivity index (χ1v) is 4.12. The van der Waals surface area contributed by atoms with E-state index in [9.17, 15) is 4.79 Å². The molecule has 1 amide bonds. The molecule has 0 bridgehead atoms. The van der Waals surface area contributed by atoms with Gasteiger partial charge in [-0.2, -0.15) is 0 Å². The summed E-state index contributed by atoms with van der Waals surface area (Å²) >= 11 is 0. The number of amides is 1. The highest BCUT2D eigenvalue weighted by atomic mass is 16.2. The molecular formula is C8H16N2O. The largest absolute Gasteiger partial charge is 0.346 e. The molecule has 0 atom stereocenters. The van der Waals surface area contributed by atoms with Crippen LogP contribution in [0.4, 0.5) is 0 Å². The predicted octanol–water partition coefficient (Wildman–Crippen LogP) is 0.204. The lowest BCUT2D eigenvalue weighted by Gasteiger charge is -2.20. The molecule has 1 rings (SSSR count). The maximum Gasteiger partial charge on any atom is 0.229 e. The van der Waals surface area contributed by atoms with Gasteiger partial charge in [-0.1, -0.05) is 0 Å². The number of nitrogens with two attached hydrogens (primary N) is 1. The highest BCUT2D eigenvalue weighted by Crippen LogP contribution is 2.45. The molecule has 0 saturated heterocycles. The van der Waals surface area contributed by atoms with Gasteiger partial charge in [0.25, 0.3) is 0 Å². The summed E-state index contributed by atoms with van der Waals surface area (Å²) in [4.78, 5) is 13.3. The van der Waals surface area contributed by atoms with Crippen molar-refractivity contribution in [3.05, 3.63) is 0 Å². The molecule has 3 nitrogen and oxygen atoms in total. The molecule has 1 aliphatic carbocycles. The Morgan fingerprint density at radius 3 is 2.45 bits per heavy atom. The average molecular weight is 156 g/mol. The molecule has 0 radical (unpaired) electrons. The van der Waals surface area contributed by atoms with Crippen molar-refractivity contribution >= 4 is 5.91 Å². The lowest BCUT2D eigenvalue weighted by Crippen LogP contribution is -2.37. The number of carbonyl (C=O) groups excluding carboxylic acids is 1. The SMILES string of the molecule is CCN(C)C(=O)C1(CN)CC1. The molecule has 11 heavy (non-hydrogen) atoms. The molecule has 0 heterocycles. The second kappa shape index (κ2) is 2.81. The molecule has 0 aromatic rings. The van der Waals surface area contributed by atoms with Crippen molar-refractivity contribution in [2.75, 3.05) is 20.1 Å². The summed E-state index contributed by atoms with van der Waals surface area (Å²) in [6.07, 6.45) is 1.96. The Balaban J connectivity index is 2.53. The second-order valence-electron chi connectivity index (χ2n) is 3.30. The highest BCUT2D eigenvalue weighted by molar-refractivity contribution is 5.85. The van der Waals surface area contributed by atoms with E-state index in [1.807, 2.05) is 14.0 Å². The van der Waals surface area contributed by atoms with Crippen molar-refractivity contribution in [2.45, 2.75) is 19.8 Å². The zero-order chi connectivity index (χ0) is 8.48. The van der Waals surface area contributed by atoms with E-state index in [0.717, 1.165) is 19.4 Å². The van der Waals surface area contributed by atoms with Gasteiger partial charge in [-0.05, 0) is 19.8 Å². The van der Waals surface area contributed by atoms with Crippen LogP contribution in [0.2, 0.25) is 0 Å². The van der Waals surface area contributed by atoms with Gasteiger partial charge in [0.1, 0.15) is 0 Å². The standard InChI is InChI=1S/C8H16N2O/c1-3-10(2)7(11)8(6-9)4-5-8/h3-6,9H2,1-2H3. The molecular weight excluding hydrogens is 140 g/mol. The summed E-state index contributed by atoms with van der Waals surface area (Å²) in [5, 5.41) is 0. The maximum absolute atomic E-state index is 11.5. The van der Waals surface area contributed by atoms with Gasteiger partial charge in [-0.15, -0.1) is 0 Å². The summed E-state index contributed by atoms with van der Waals surface area (Å²) < 4.78 is 0. The average Bonchev–Trinajstić information content (AvgIpc) is 2.82. The molecule has 0 spiro atoms. The van der Waals surface area contributed by atoms with E-state index < -0.39 is 0 Å². The van der Waals surface area contributed by atoms with Gasteiger partial charge >= 0.3 is 0 Å². The lowest BCUT2D eigenvalue weighted by molar-refractivity contribution is -0.135.